The van der Waals surface area contributed by atoms with E-state index in [4.69, 9.17) is 0 Å². The van der Waals surface area contributed by atoms with Crippen molar-refractivity contribution >= 4 is 5.91 Å². The molecule has 0 bridgehead atoms. The average molecular weight is 347 g/mol. The number of nitrogens with zero attached hydrogens (tertiary/aromatic N) is 2. The number of aromatic nitrogens is 2. The van der Waals surface area contributed by atoms with Crippen LogP contribution in [0.25, 0.3) is 0 Å². The summed E-state index contributed by atoms with van der Waals surface area (Å²) >= 11 is 0. The molecule has 1 amide bonds. The van der Waals surface area contributed by atoms with Gasteiger partial charge in [-0.2, -0.15) is 0 Å². The Balaban J connectivity index is 1.92. The highest BCUT2D eigenvalue weighted by molar-refractivity contribution is 5.93. The predicted octanol–water partition coefficient (Wildman–Crippen LogP) is 4.10. The number of H-pyrrole nitrogens is 1. The number of benzene rings is 2. The number of rotatable bonds is 5. The van der Waals surface area contributed by atoms with E-state index in [9.17, 15) is 4.79 Å². The summed E-state index contributed by atoms with van der Waals surface area (Å²) in [5.74, 6) is 0.226. The molecule has 1 atom stereocenters. The fourth-order valence-electron chi connectivity index (χ4n) is 3.27. The van der Waals surface area contributed by atoms with Crippen molar-refractivity contribution in [3.63, 3.8) is 0 Å². The minimum atomic E-state index is 0.0243. The molecule has 4 heteroatoms. The van der Waals surface area contributed by atoms with E-state index in [1.165, 1.54) is 22.3 Å². The first-order chi connectivity index (χ1) is 12.5. The highest BCUT2D eigenvalue weighted by Gasteiger charge is 2.19. The van der Waals surface area contributed by atoms with E-state index in [-0.39, 0.29) is 11.8 Å². The molecule has 0 fully saturated rings. The second-order valence-electron chi connectivity index (χ2n) is 6.95. The molecule has 0 radical (unpaired) electrons. The van der Waals surface area contributed by atoms with E-state index in [0.717, 1.165) is 12.1 Å². The molecule has 1 N–H and O–H groups in total. The molecule has 26 heavy (non-hydrogen) atoms. The Hall–Kier alpha value is -2.88. The topological polar surface area (TPSA) is 49.0 Å². The Morgan fingerprint density at radius 3 is 2.46 bits per heavy atom. The number of hydrogen-bond acceptors (Lipinski definition) is 2. The average Bonchev–Trinajstić information content (AvgIpc) is 3.16. The fraction of sp³-hybridized carbons (Fsp3) is 0.273. The van der Waals surface area contributed by atoms with Crippen LogP contribution in [0, 0.1) is 13.8 Å². The van der Waals surface area contributed by atoms with Crippen molar-refractivity contribution in [1.29, 1.82) is 0 Å². The van der Waals surface area contributed by atoms with Crippen LogP contribution in [0.15, 0.2) is 55.0 Å². The zero-order valence-corrected chi connectivity index (χ0v) is 15.8. The maximum Gasteiger partial charge on any atom is 0.253 e. The van der Waals surface area contributed by atoms with Crippen LogP contribution < -0.4 is 0 Å². The third-order valence-electron chi connectivity index (χ3n) is 4.96. The molecule has 1 heterocycles. The van der Waals surface area contributed by atoms with Gasteiger partial charge in [0.1, 0.15) is 0 Å². The molecule has 0 spiro atoms. The van der Waals surface area contributed by atoms with E-state index < -0.39 is 0 Å². The lowest BCUT2D eigenvalue weighted by Crippen LogP contribution is -2.21. The second-order valence-corrected chi connectivity index (χ2v) is 6.95. The van der Waals surface area contributed by atoms with Gasteiger partial charge in [0.25, 0.3) is 5.91 Å². The van der Waals surface area contributed by atoms with Crippen LogP contribution >= 0.6 is 0 Å². The number of carbonyl (C=O) groups is 1. The Bertz CT molecular complexity index is 880. The van der Waals surface area contributed by atoms with Crippen LogP contribution in [-0.4, -0.2) is 34.9 Å². The number of aryl methyl sites for hydroxylation is 1. The predicted molar refractivity (Wildman–Crippen MR) is 105 cm³/mol. The molecule has 4 nitrogen and oxygen atoms in total. The zero-order valence-electron chi connectivity index (χ0n) is 15.8. The second kappa shape index (κ2) is 7.56. The lowest BCUT2D eigenvalue weighted by molar-refractivity contribution is 0.0827. The smallest absolute Gasteiger partial charge is 0.253 e. The number of hydrogen-bond donors (Lipinski definition) is 1. The van der Waals surface area contributed by atoms with Crippen molar-refractivity contribution in [3.05, 3.63) is 88.5 Å². The standard InChI is InChI=1S/C22H25N3O/c1-15-6-5-7-19(16(15)2)20(21-13-23-14-24-21)12-17-8-10-18(11-9-17)22(26)25(3)4/h5-11,13-14,20H,12H2,1-4H3,(H,23,24). The summed E-state index contributed by atoms with van der Waals surface area (Å²) in [7, 11) is 3.54. The van der Waals surface area contributed by atoms with Gasteiger partial charge in [-0.05, 0) is 54.7 Å². The summed E-state index contributed by atoms with van der Waals surface area (Å²) in [5, 5.41) is 0. The van der Waals surface area contributed by atoms with Gasteiger partial charge in [0.2, 0.25) is 0 Å². The summed E-state index contributed by atoms with van der Waals surface area (Å²) < 4.78 is 0. The zero-order chi connectivity index (χ0) is 18.7. The molecule has 134 valence electrons. The summed E-state index contributed by atoms with van der Waals surface area (Å²) in [6.45, 7) is 4.32. The lowest BCUT2D eigenvalue weighted by atomic mass is 9.85. The Morgan fingerprint density at radius 1 is 1.12 bits per heavy atom. The SMILES string of the molecule is Cc1cccc(C(Cc2ccc(C(=O)N(C)C)cc2)c2cnc[nH]2)c1C. The van der Waals surface area contributed by atoms with Crippen molar-refractivity contribution in [2.24, 2.45) is 0 Å². The molecule has 0 aliphatic rings. The van der Waals surface area contributed by atoms with Crippen LogP contribution in [0.2, 0.25) is 0 Å². The third-order valence-corrected chi connectivity index (χ3v) is 4.96. The molecule has 1 aromatic heterocycles. The first kappa shape index (κ1) is 17.9. The third kappa shape index (κ3) is 3.69. The molecular formula is C22H25N3O. The van der Waals surface area contributed by atoms with E-state index in [1.54, 1.807) is 25.3 Å². The van der Waals surface area contributed by atoms with Crippen LogP contribution in [0.1, 0.15) is 44.2 Å². The highest BCUT2D eigenvalue weighted by atomic mass is 16.2. The Labute approximate surface area is 154 Å². The van der Waals surface area contributed by atoms with E-state index in [1.807, 2.05) is 30.5 Å². The molecule has 0 aliphatic heterocycles. The normalized spacial score (nSPS) is 12.0. The van der Waals surface area contributed by atoms with Gasteiger partial charge in [0.15, 0.2) is 0 Å². The summed E-state index contributed by atoms with van der Waals surface area (Å²) in [6.07, 6.45) is 4.48. The van der Waals surface area contributed by atoms with Crippen molar-refractivity contribution in [2.45, 2.75) is 26.2 Å². The van der Waals surface area contributed by atoms with Gasteiger partial charge in [-0.1, -0.05) is 30.3 Å². The largest absolute Gasteiger partial charge is 0.348 e. The van der Waals surface area contributed by atoms with Gasteiger partial charge in [-0.3, -0.25) is 4.79 Å². The van der Waals surface area contributed by atoms with Crippen molar-refractivity contribution in [2.75, 3.05) is 14.1 Å². The quantitative estimate of drug-likeness (QED) is 0.755. The molecule has 3 aromatic rings. The van der Waals surface area contributed by atoms with Crippen molar-refractivity contribution < 1.29 is 4.79 Å². The summed E-state index contributed by atoms with van der Waals surface area (Å²) in [5.41, 5.74) is 6.92. The van der Waals surface area contributed by atoms with Gasteiger partial charge in [0, 0.05) is 37.5 Å². The van der Waals surface area contributed by atoms with Gasteiger partial charge >= 0.3 is 0 Å². The first-order valence-corrected chi connectivity index (χ1v) is 8.82. The Morgan fingerprint density at radius 2 is 1.85 bits per heavy atom. The maximum absolute atomic E-state index is 12.1. The van der Waals surface area contributed by atoms with E-state index in [2.05, 4.69) is 42.0 Å². The molecule has 0 aliphatic carbocycles. The van der Waals surface area contributed by atoms with Crippen LogP contribution in [0.3, 0.4) is 0 Å². The van der Waals surface area contributed by atoms with Gasteiger partial charge in [0.05, 0.1) is 6.33 Å². The van der Waals surface area contributed by atoms with Crippen molar-refractivity contribution in [3.8, 4) is 0 Å². The van der Waals surface area contributed by atoms with E-state index in [0.29, 0.717) is 5.56 Å². The van der Waals surface area contributed by atoms with Gasteiger partial charge in [-0.25, -0.2) is 4.98 Å². The fourth-order valence-corrected chi connectivity index (χ4v) is 3.27. The number of imidazole rings is 1. The summed E-state index contributed by atoms with van der Waals surface area (Å²) in [4.78, 5) is 21.2. The maximum atomic E-state index is 12.1. The monoisotopic (exact) mass is 347 g/mol. The van der Waals surface area contributed by atoms with Crippen LogP contribution in [0.4, 0.5) is 0 Å². The number of aromatic amines is 1. The molecule has 1 unspecified atom stereocenters. The van der Waals surface area contributed by atoms with Gasteiger partial charge < -0.3 is 9.88 Å². The molecule has 0 saturated heterocycles. The van der Waals surface area contributed by atoms with Crippen LogP contribution in [0.5, 0.6) is 0 Å². The Kier molecular flexibility index (Phi) is 5.21. The molecular weight excluding hydrogens is 322 g/mol. The highest BCUT2D eigenvalue weighted by Crippen LogP contribution is 2.30. The van der Waals surface area contributed by atoms with E-state index >= 15 is 0 Å². The van der Waals surface area contributed by atoms with Gasteiger partial charge in [-0.15, -0.1) is 0 Å². The lowest BCUT2D eigenvalue weighted by Gasteiger charge is -2.20. The first-order valence-electron chi connectivity index (χ1n) is 8.82. The number of nitrogens with one attached hydrogen (secondary N) is 1. The summed E-state index contributed by atoms with van der Waals surface area (Å²) in [6, 6.07) is 14.4. The molecule has 0 saturated carbocycles. The molecule has 3 rings (SSSR count). The van der Waals surface area contributed by atoms with Crippen molar-refractivity contribution in [1.82, 2.24) is 14.9 Å². The minimum absolute atomic E-state index is 0.0243. The number of amides is 1. The number of carbonyl (C=O) groups excluding carboxylic acids is 1. The minimum Gasteiger partial charge on any atom is -0.348 e. The molecule has 2 aromatic carbocycles. The van der Waals surface area contributed by atoms with Crippen LogP contribution in [-0.2, 0) is 6.42 Å².